The van der Waals surface area contributed by atoms with Crippen molar-refractivity contribution in [3.63, 3.8) is 0 Å². The van der Waals surface area contributed by atoms with Crippen molar-refractivity contribution in [3.05, 3.63) is 22.5 Å². The first-order chi connectivity index (χ1) is 7.33. The number of thiophene rings is 1. The fourth-order valence-corrected chi connectivity index (χ4v) is 2.06. The van der Waals surface area contributed by atoms with Gasteiger partial charge in [-0.15, -0.1) is 23.7 Å². The fraction of sp³-hybridized carbons (Fsp3) is 0.222. The lowest BCUT2D eigenvalue weighted by Crippen LogP contribution is -2.10. The first-order valence-corrected chi connectivity index (χ1v) is 5.60. The zero-order valence-electron chi connectivity index (χ0n) is 8.18. The summed E-state index contributed by atoms with van der Waals surface area (Å²) in [4.78, 5) is 0.926. The molecule has 0 atom stereocenters. The summed E-state index contributed by atoms with van der Waals surface area (Å²) in [6.07, 6.45) is 0. The number of halogens is 2. The molecular weight excluding hydrogens is 271 g/mol. The molecule has 0 radical (unpaired) electrons. The Morgan fingerprint density at radius 2 is 2.38 bits per heavy atom. The number of nitrogens with zero attached hydrogens (tertiary/aromatic N) is 1. The van der Waals surface area contributed by atoms with E-state index in [1.165, 1.54) is 11.3 Å². The maximum Gasteiger partial charge on any atom is 0.273 e. The van der Waals surface area contributed by atoms with Gasteiger partial charge in [0.1, 0.15) is 6.61 Å². The second-order valence-electron chi connectivity index (χ2n) is 2.75. The maximum atomic E-state index is 6.04. The van der Waals surface area contributed by atoms with E-state index in [2.05, 4.69) is 5.16 Å². The molecular formula is C9H10Cl2N2O2S. The molecule has 0 aromatic carbocycles. The van der Waals surface area contributed by atoms with E-state index in [9.17, 15) is 0 Å². The Hall–Kier alpha value is -0.750. The summed E-state index contributed by atoms with van der Waals surface area (Å²) in [7, 11) is 0. The molecule has 16 heavy (non-hydrogen) atoms. The number of rotatable bonds is 4. The average molecular weight is 281 g/mol. The molecule has 0 bridgehead atoms. The van der Waals surface area contributed by atoms with Crippen LogP contribution in [0, 0.1) is 0 Å². The van der Waals surface area contributed by atoms with Gasteiger partial charge in [0, 0.05) is 6.54 Å². The van der Waals surface area contributed by atoms with Crippen LogP contribution in [0.3, 0.4) is 0 Å². The van der Waals surface area contributed by atoms with Gasteiger partial charge < -0.3 is 15.0 Å². The van der Waals surface area contributed by atoms with Crippen molar-refractivity contribution in [1.29, 1.82) is 0 Å². The van der Waals surface area contributed by atoms with Crippen molar-refractivity contribution < 1.29 is 9.26 Å². The van der Waals surface area contributed by atoms with Gasteiger partial charge in [-0.2, -0.15) is 0 Å². The predicted molar refractivity (Wildman–Crippen MR) is 66.6 cm³/mol. The lowest BCUT2D eigenvalue weighted by molar-refractivity contribution is 0.288. The molecule has 2 aromatic rings. The van der Waals surface area contributed by atoms with Gasteiger partial charge in [-0.25, -0.2) is 0 Å². The quantitative estimate of drug-likeness (QED) is 0.936. The number of hydrogen-bond acceptors (Lipinski definition) is 5. The minimum atomic E-state index is 0. The Labute approximate surface area is 108 Å². The smallest absolute Gasteiger partial charge is 0.273 e. The van der Waals surface area contributed by atoms with Crippen LogP contribution in [-0.4, -0.2) is 18.3 Å². The predicted octanol–water partition coefficient (Wildman–Crippen LogP) is 2.82. The largest absolute Gasteiger partial charge is 0.473 e. The van der Waals surface area contributed by atoms with Crippen LogP contribution in [0.4, 0.5) is 0 Å². The topological polar surface area (TPSA) is 61.3 Å². The third kappa shape index (κ3) is 2.68. The molecule has 0 aliphatic rings. The number of hydrogen-bond donors (Lipinski definition) is 1. The van der Waals surface area contributed by atoms with E-state index in [-0.39, 0.29) is 12.4 Å². The number of nitrogens with two attached hydrogens (primary N) is 1. The van der Waals surface area contributed by atoms with Crippen LogP contribution in [0.15, 0.2) is 22.0 Å². The van der Waals surface area contributed by atoms with Crippen LogP contribution in [0.25, 0.3) is 10.6 Å². The second-order valence-corrected chi connectivity index (χ2v) is 4.07. The second kappa shape index (κ2) is 6.10. The van der Waals surface area contributed by atoms with Gasteiger partial charge in [0.05, 0.1) is 4.88 Å². The summed E-state index contributed by atoms with van der Waals surface area (Å²) in [6.45, 7) is 0.785. The highest BCUT2D eigenvalue weighted by molar-refractivity contribution is 7.13. The van der Waals surface area contributed by atoms with Gasteiger partial charge in [-0.1, -0.05) is 17.7 Å². The monoisotopic (exact) mass is 280 g/mol. The fourth-order valence-electron chi connectivity index (χ4n) is 1.07. The molecule has 2 aromatic heterocycles. The first kappa shape index (κ1) is 13.3. The Balaban J connectivity index is 0.00000128. The Kier molecular flexibility index (Phi) is 5.08. The number of aromatic nitrogens is 1. The SMILES string of the molecule is Cl.NCCOc1noc(-c2cccs2)c1Cl. The highest BCUT2D eigenvalue weighted by atomic mass is 35.5. The molecule has 2 heterocycles. The van der Waals surface area contributed by atoms with Crippen molar-refractivity contribution in [2.75, 3.05) is 13.2 Å². The standard InChI is InChI=1S/C9H9ClN2O2S.ClH/c10-7-8(6-2-1-5-15-6)14-12-9(7)13-4-3-11;/h1-2,5H,3-4,11H2;1H. The van der Waals surface area contributed by atoms with Crippen molar-refractivity contribution in [2.45, 2.75) is 0 Å². The molecule has 0 amide bonds. The van der Waals surface area contributed by atoms with E-state index in [1.807, 2.05) is 17.5 Å². The van der Waals surface area contributed by atoms with E-state index in [0.717, 1.165) is 4.88 Å². The van der Waals surface area contributed by atoms with Crippen LogP contribution >= 0.6 is 35.3 Å². The molecule has 0 unspecified atom stereocenters. The molecule has 2 rings (SSSR count). The van der Waals surface area contributed by atoms with Crippen molar-refractivity contribution >= 4 is 35.3 Å². The summed E-state index contributed by atoms with van der Waals surface area (Å²) in [6, 6.07) is 3.82. The molecule has 0 aliphatic carbocycles. The Morgan fingerprint density at radius 1 is 1.56 bits per heavy atom. The van der Waals surface area contributed by atoms with Gasteiger partial charge in [-0.05, 0) is 16.6 Å². The van der Waals surface area contributed by atoms with Crippen molar-refractivity contribution in [3.8, 4) is 16.5 Å². The Bertz CT molecular complexity index is 431. The van der Waals surface area contributed by atoms with Crippen LogP contribution in [0.1, 0.15) is 0 Å². The third-order valence-corrected chi connectivity index (χ3v) is 2.91. The summed E-state index contributed by atoms with van der Waals surface area (Å²) in [5, 5.41) is 6.06. The molecule has 0 saturated heterocycles. The Morgan fingerprint density at radius 3 is 3.00 bits per heavy atom. The van der Waals surface area contributed by atoms with Gasteiger partial charge in [0.15, 0.2) is 10.8 Å². The molecule has 88 valence electrons. The summed E-state index contributed by atoms with van der Waals surface area (Å²) in [5.74, 6) is 0.837. The minimum Gasteiger partial charge on any atom is -0.473 e. The summed E-state index contributed by atoms with van der Waals surface area (Å²) in [5.41, 5.74) is 5.30. The molecule has 0 aliphatic heterocycles. The van der Waals surface area contributed by atoms with Gasteiger partial charge >= 0.3 is 0 Å². The van der Waals surface area contributed by atoms with E-state index in [0.29, 0.717) is 29.8 Å². The van der Waals surface area contributed by atoms with E-state index in [1.54, 1.807) is 0 Å². The van der Waals surface area contributed by atoms with Crippen LogP contribution in [0.5, 0.6) is 5.88 Å². The van der Waals surface area contributed by atoms with Crippen LogP contribution in [-0.2, 0) is 0 Å². The first-order valence-electron chi connectivity index (χ1n) is 4.35. The van der Waals surface area contributed by atoms with Crippen molar-refractivity contribution in [2.24, 2.45) is 5.73 Å². The molecule has 7 heteroatoms. The molecule has 0 fully saturated rings. The van der Waals surface area contributed by atoms with E-state index in [4.69, 9.17) is 26.6 Å². The van der Waals surface area contributed by atoms with Gasteiger partial charge in [0.2, 0.25) is 0 Å². The lowest BCUT2D eigenvalue weighted by atomic mass is 10.4. The molecule has 0 saturated carbocycles. The maximum absolute atomic E-state index is 6.04. The minimum absolute atomic E-state index is 0. The lowest BCUT2D eigenvalue weighted by Gasteiger charge is -1.97. The average Bonchev–Trinajstić information content (AvgIpc) is 2.84. The van der Waals surface area contributed by atoms with Crippen molar-refractivity contribution in [1.82, 2.24) is 5.16 Å². The highest BCUT2D eigenvalue weighted by Gasteiger charge is 2.17. The van der Waals surface area contributed by atoms with E-state index < -0.39 is 0 Å². The molecule has 2 N–H and O–H groups in total. The zero-order valence-corrected chi connectivity index (χ0v) is 10.6. The number of ether oxygens (including phenoxy) is 1. The highest BCUT2D eigenvalue weighted by Crippen LogP contribution is 2.37. The summed E-state index contributed by atoms with van der Waals surface area (Å²) < 4.78 is 10.3. The third-order valence-electron chi connectivity index (χ3n) is 1.71. The molecule has 0 spiro atoms. The van der Waals surface area contributed by atoms with Crippen LogP contribution in [0.2, 0.25) is 5.02 Å². The molecule has 4 nitrogen and oxygen atoms in total. The summed E-state index contributed by atoms with van der Waals surface area (Å²) >= 11 is 7.57. The normalized spacial score (nSPS) is 9.88. The van der Waals surface area contributed by atoms with Gasteiger partial charge in [0.25, 0.3) is 5.88 Å². The van der Waals surface area contributed by atoms with Gasteiger partial charge in [-0.3, -0.25) is 0 Å². The van der Waals surface area contributed by atoms with Crippen LogP contribution < -0.4 is 10.5 Å². The van der Waals surface area contributed by atoms with E-state index >= 15 is 0 Å². The zero-order chi connectivity index (χ0) is 10.7.